The number of carbonyl (C=O) groups is 2. The molecule has 2 amide bonds. The van der Waals surface area contributed by atoms with Gasteiger partial charge in [0.2, 0.25) is 11.8 Å². The van der Waals surface area contributed by atoms with E-state index < -0.39 is 6.04 Å². The van der Waals surface area contributed by atoms with Gasteiger partial charge in [-0.15, -0.1) is 0 Å². The van der Waals surface area contributed by atoms with Crippen molar-refractivity contribution in [2.45, 2.75) is 12.5 Å². The molecule has 130 valence electrons. The molecule has 1 aliphatic rings. The molecule has 1 unspecified atom stereocenters. The van der Waals surface area contributed by atoms with Gasteiger partial charge in [-0.25, -0.2) is 4.39 Å². The van der Waals surface area contributed by atoms with Crippen LogP contribution in [-0.4, -0.2) is 36.9 Å². The smallest absolute Gasteiger partial charge is 0.247 e. The van der Waals surface area contributed by atoms with E-state index in [-0.39, 0.29) is 24.1 Å². The van der Waals surface area contributed by atoms with Crippen LogP contribution in [0.3, 0.4) is 0 Å². The van der Waals surface area contributed by atoms with Gasteiger partial charge in [0.15, 0.2) is 0 Å². The predicted octanol–water partition coefficient (Wildman–Crippen LogP) is 2.08. The van der Waals surface area contributed by atoms with Gasteiger partial charge >= 0.3 is 0 Å². The van der Waals surface area contributed by atoms with E-state index >= 15 is 0 Å². The Morgan fingerprint density at radius 1 is 1.20 bits per heavy atom. The fraction of sp³-hybridized carbons (Fsp3) is 0.263. The van der Waals surface area contributed by atoms with Gasteiger partial charge in [-0.05, 0) is 35.4 Å². The number of benzene rings is 2. The molecule has 5 nitrogen and oxygen atoms in total. The average molecular weight is 342 g/mol. The second kappa shape index (κ2) is 7.34. The second-order valence-corrected chi connectivity index (χ2v) is 5.86. The van der Waals surface area contributed by atoms with E-state index in [4.69, 9.17) is 4.74 Å². The molecule has 1 atom stereocenters. The van der Waals surface area contributed by atoms with Crippen molar-refractivity contribution in [3.05, 3.63) is 65.5 Å². The summed E-state index contributed by atoms with van der Waals surface area (Å²) in [5, 5.41) is 2.80. The number of hydrogen-bond acceptors (Lipinski definition) is 3. The molecule has 6 heteroatoms. The number of nitrogens with one attached hydrogen (secondary N) is 1. The van der Waals surface area contributed by atoms with Crippen LogP contribution in [0.15, 0.2) is 48.5 Å². The van der Waals surface area contributed by atoms with E-state index in [1.54, 1.807) is 48.4 Å². The van der Waals surface area contributed by atoms with Crippen LogP contribution in [0.4, 0.5) is 4.39 Å². The minimum Gasteiger partial charge on any atom is -0.497 e. The Morgan fingerprint density at radius 3 is 2.52 bits per heavy atom. The highest BCUT2D eigenvalue weighted by molar-refractivity contribution is 5.90. The zero-order chi connectivity index (χ0) is 17.8. The average Bonchev–Trinajstić information content (AvgIpc) is 2.63. The number of carbonyl (C=O) groups excluding carboxylic acids is 2. The summed E-state index contributed by atoms with van der Waals surface area (Å²) in [5.74, 6) is -0.0278. The first-order valence-corrected chi connectivity index (χ1v) is 8.04. The minimum atomic E-state index is -0.674. The van der Waals surface area contributed by atoms with Gasteiger partial charge in [0.25, 0.3) is 0 Å². The highest BCUT2D eigenvalue weighted by Gasteiger charge is 2.34. The number of hydrogen-bond donors (Lipinski definition) is 1. The van der Waals surface area contributed by atoms with Crippen LogP contribution < -0.4 is 10.1 Å². The van der Waals surface area contributed by atoms with Gasteiger partial charge < -0.3 is 15.0 Å². The van der Waals surface area contributed by atoms with Crippen molar-refractivity contribution in [3.63, 3.8) is 0 Å². The molecule has 0 bridgehead atoms. The van der Waals surface area contributed by atoms with Crippen LogP contribution in [0.2, 0.25) is 0 Å². The Bertz CT molecular complexity index is 759. The van der Waals surface area contributed by atoms with E-state index in [0.29, 0.717) is 24.4 Å². The molecule has 1 aliphatic heterocycles. The van der Waals surface area contributed by atoms with Crippen molar-refractivity contribution >= 4 is 11.8 Å². The molecule has 1 fully saturated rings. The summed E-state index contributed by atoms with van der Waals surface area (Å²) >= 11 is 0. The third-order valence-corrected chi connectivity index (χ3v) is 4.23. The van der Waals surface area contributed by atoms with E-state index in [0.717, 1.165) is 5.56 Å². The predicted molar refractivity (Wildman–Crippen MR) is 90.6 cm³/mol. The van der Waals surface area contributed by atoms with Crippen LogP contribution in [-0.2, 0) is 16.0 Å². The van der Waals surface area contributed by atoms with E-state index in [2.05, 4.69) is 5.32 Å². The van der Waals surface area contributed by atoms with Gasteiger partial charge in [0.05, 0.1) is 13.5 Å². The van der Waals surface area contributed by atoms with Crippen molar-refractivity contribution in [2.75, 3.05) is 20.2 Å². The molecular formula is C19H19FN2O3. The topological polar surface area (TPSA) is 58.6 Å². The summed E-state index contributed by atoms with van der Waals surface area (Å²) in [6, 6.07) is 12.2. The highest BCUT2D eigenvalue weighted by Crippen LogP contribution is 2.26. The molecule has 25 heavy (non-hydrogen) atoms. The Kier molecular flexibility index (Phi) is 4.97. The molecule has 0 aliphatic carbocycles. The lowest BCUT2D eigenvalue weighted by molar-refractivity contribution is -0.143. The van der Waals surface area contributed by atoms with Gasteiger partial charge in [0.1, 0.15) is 17.6 Å². The summed E-state index contributed by atoms with van der Waals surface area (Å²) in [7, 11) is 1.57. The Balaban J connectivity index is 1.82. The Labute approximate surface area is 145 Å². The standard InChI is InChI=1S/C19H19FN2O3/c1-25-16-8-4-14(5-9-16)18-19(24)21-10-11-22(18)17(23)12-13-2-6-15(20)7-3-13/h2-9,18H,10-12H2,1H3,(H,21,24). The zero-order valence-electron chi connectivity index (χ0n) is 13.9. The van der Waals surface area contributed by atoms with E-state index in [9.17, 15) is 14.0 Å². The number of methoxy groups -OCH3 is 1. The van der Waals surface area contributed by atoms with Crippen LogP contribution in [0.5, 0.6) is 5.75 Å². The van der Waals surface area contributed by atoms with E-state index in [1.165, 1.54) is 12.1 Å². The van der Waals surface area contributed by atoms with Gasteiger partial charge in [-0.1, -0.05) is 24.3 Å². The van der Waals surface area contributed by atoms with E-state index in [1.807, 2.05) is 0 Å². The Hall–Kier alpha value is -2.89. The largest absolute Gasteiger partial charge is 0.497 e. The number of nitrogens with zero attached hydrogens (tertiary/aromatic N) is 1. The van der Waals surface area contributed by atoms with Gasteiger partial charge in [-0.2, -0.15) is 0 Å². The molecule has 3 rings (SSSR count). The first-order valence-electron chi connectivity index (χ1n) is 8.04. The zero-order valence-corrected chi connectivity index (χ0v) is 13.9. The molecule has 1 N–H and O–H groups in total. The maximum atomic E-state index is 13.0. The molecule has 2 aromatic carbocycles. The summed E-state index contributed by atoms with van der Waals surface area (Å²) in [5.41, 5.74) is 1.44. The molecule has 0 spiro atoms. The van der Waals surface area contributed by atoms with Crippen molar-refractivity contribution in [1.29, 1.82) is 0 Å². The summed E-state index contributed by atoms with van der Waals surface area (Å²) < 4.78 is 18.2. The molecule has 0 aromatic heterocycles. The third-order valence-electron chi connectivity index (χ3n) is 4.23. The fourth-order valence-corrected chi connectivity index (χ4v) is 2.93. The van der Waals surface area contributed by atoms with Crippen molar-refractivity contribution in [3.8, 4) is 5.75 Å². The molecule has 1 heterocycles. The first-order chi connectivity index (χ1) is 12.1. The maximum absolute atomic E-state index is 13.0. The number of piperazine rings is 1. The highest BCUT2D eigenvalue weighted by atomic mass is 19.1. The number of ether oxygens (including phenoxy) is 1. The normalized spacial score (nSPS) is 17.1. The van der Waals surface area contributed by atoms with Crippen molar-refractivity contribution in [2.24, 2.45) is 0 Å². The Morgan fingerprint density at radius 2 is 1.88 bits per heavy atom. The third kappa shape index (κ3) is 3.79. The van der Waals surface area contributed by atoms with Crippen molar-refractivity contribution in [1.82, 2.24) is 10.2 Å². The van der Waals surface area contributed by atoms with Crippen LogP contribution in [0, 0.1) is 5.82 Å². The lowest BCUT2D eigenvalue weighted by atomic mass is 10.0. The molecule has 2 aromatic rings. The maximum Gasteiger partial charge on any atom is 0.247 e. The van der Waals surface area contributed by atoms with Crippen LogP contribution >= 0.6 is 0 Å². The lowest BCUT2D eigenvalue weighted by Crippen LogP contribution is -2.52. The second-order valence-electron chi connectivity index (χ2n) is 5.86. The fourth-order valence-electron chi connectivity index (χ4n) is 2.93. The quantitative estimate of drug-likeness (QED) is 0.925. The summed E-state index contributed by atoms with van der Waals surface area (Å²) in [6.45, 7) is 0.850. The number of halogens is 1. The minimum absolute atomic E-state index is 0.125. The van der Waals surface area contributed by atoms with Gasteiger partial charge in [-0.3, -0.25) is 9.59 Å². The summed E-state index contributed by atoms with van der Waals surface area (Å²) in [4.78, 5) is 26.7. The molecule has 0 saturated carbocycles. The lowest BCUT2D eigenvalue weighted by Gasteiger charge is -2.35. The first kappa shape index (κ1) is 17.0. The molecule has 0 radical (unpaired) electrons. The summed E-state index contributed by atoms with van der Waals surface area (Å²) in [6.07, 6.45) is 0.125. The SMILES string of the molecule is COc1ccc(C2C(=O)NCCN2C(=O)Cc2ccc(F)cc2)cc1. The van der Waals surface area contributed by atoms with Crippen molar-refractivity contribution < 1.29 is 18.7 Å². The number of rotatable bonds is 4. The molecule has 1 saturated heterocycles. The number of amides is 2. The van der Waals surface area contributed by atoms with Gasteiger partial charge in [0, 0.05) is 13.1 Å². The van der Waals surface area contributed by atoms with Crippen LogP contribution in [0.25, 0.3) is 0 Å². The monoisotopic (exact) mass is 342 g/mol. The van der Waals surface area contributed by atoms with Crippen LogP contribution in [0.1, 0.15) is 17.2 Å². The molecular weight excluding hydrogens is 323 g/mol.